The summed E-state index contributed by atoms with van der Waals surface area (Å²) in [5.41, 5.74) is 0. The van der Waals surface area contributed by atoms with Crippen molar-refractivity contribution in [2.24, 2.45) is 0 Å². The maximum absolute atomic E-state index is 13.7. The Morgan fingerprint density at radius 1 is 1.15 bits per heavy atom. The number of nitrogens with one attached hydrogen (secondary N) is 1. The van der Waals surface area contributed by atoms with E-state index < -0.39 is 18.1 Å². The van der Waals surface area contributed by atoms with E-state index in [1.807, 2.05) is 19.2 Å². The van der Waals surface area contributed by atoms with Crippen LogP contribution in [0, 0.1) is 0 Å². The average Bonchev–Trinajstić information content (AvgIpc) is 2.93. The second-order valence-electron chi connectivity index (χ2n) is 6.03. The zero-order chi connectivity index (χ0) is 19.4. The lowest BCUT2D eigenvalue weighted by Crippen LogP contribution is -2.66. The van der Waals surface area contributed by atoms with Gasteiger partial charge in [0.2, 0.25) is 0 Å². The van der Waals surface area contributed by atoms with E-state index in [0.717, 1.165) is 12.8 Å². The second-order valence-corrected chi connectivity index (χ2v) is 6.47. The molecular weight excluding hydrogens is 373 g/mol. The number of rotatable bonds is 7. The highest BCUT2D eigenvalue weighted by Crippen LogP contribution is 2.46. The molecule has 1 atom stereocenters. The topological polar surface area (TPSA) is 50.8 Å². The molecule has 0 spiro atoms. The number of ether oxygens (including phenoxy) is 2. The smallest absolute Gasteiger partial charge is 0.424 e. The first-order chi connectivity index (χ1) is 12.2. The third kappa shape index (κ3) is 4.47. The van der Waals surface area contributed by atoms with Crippen LogP contribution in [0.15, 0.2) is 18.2 Å². The van der Waals surface area contributed by atoms with Crippen LogP contribution in [-0.2, 0) is 0 Å². The first-order valence-electron chi connectivity index (χ1n) is 8.53. The summed E-state index contributed by atoms with van der Waals surface area (Å²) < 4.78 is 51.0. The fourth-order valence-corrected chi connectivity index (χ4v) is 2.61. The van der Waals surface area contributed by atoms with Crippen LogP contribution in [0.5, 0.6) is 11.5 Å². The molecule has 26 heavy (non-hydrogen) atoms. The van der Waals surface area contributed by atoms with Gasteiger partial charge in [-0.15, -0.1) is 0 Å². The van der Waals surface area contributed by atoms with Crippen molar-refractivity contribution in [3.8, 4) is 11.5 Å². The van der Waals surface area contributed by atoms with Gasteiger partial charge < -0.3 is 14.4 Å². The molecule has 0 aliphatic carbocycles. The number of unbranched alkanes of at least 4 members (excludes halogenated alkanes) is 2. The number of fused-ring (bicyclic) bond motifs is 1. The van der Waals surface area contributed by atoms with Gasteiger partial charge in [-0.1, -0.05) is 38.3 Å². The van der Waals surface area contributed by atoms with Crippen molar-refractivity contribution in [1.82, 2.24) is 10.2 Å². The Labute approximate surface area is 155 Å². The molecule has 0 unspecified atom stereocenters. The molecule has 0 aromatic heterocycles. The number of nitrogens with zero attached hydrogens (tertiary/aromatic N) is 1. The van der Waals surface area contributed by atoms with Crippen molar-refractivity contribution in [3.63, 3.8) is 0 Å². The zero-order valence-corrected chi connectivity index (χ0v) is 15.4. The fourth-order valence-electron chi connectivity index (χ4n) is 2.45. The molecule has 1 aromatic rings. The third-order valence-corrected chi connectivity index (χ3v) is 4.14. The predicted molar refractivity (Wildman–Crippen MR) is 91.4 cm³/mol. The lowest BCUT2D eigenvalue weighted by Gasteiger charge is -2.32. The summed E-state index contributed by atoms with van der Waals surface area (Å²) >= 11 is 5.79. The van der Waals surface area contributed by atoms with Gasteiger partial charge in [0.05, 0.1) is 0 Å². The number of alkyl halides is 3. The Morgan fingerprint density at radius 2 is 1.73 bits per heavy atom. The molecule has 1 heterocycles. The quantitative estimate of drug-likeness (QED) is 0.712. The largest absolute Gasteiger partial charge is 0.492 e. The van der Waals surface area contributed by atoms with Gasteiger partial charge in [-0.05, 0) is 25.0 Å². The second kappa shape index (κ2) is 8.24. The summed E-state index contributed by atoms with van der Waals surface area (Å²) in [6.07, 6.45) is -1.98. The van der Waals surface area contributed by atoms with E-state index in [4.69, 9.17) is 21.1 Å². The Balaban J connectivity index is 2.22. The van der Waals surface area contributed by atoms with E-state index in [1.54, 1.807) is 0 Å². The summed E-state index contributed by atoms with van der Waals surface area (Å²) in [5.74, 6) is -3.59. The van der Waals surface area contributed by atoms with Crippen LogP contribution in [0.2, 0.25) is 5.02 Å². The van der Waals surface area contributed by atoms with Gasteiger partial charge in [-0.3, -0.25) is 5.32 Å². The number of carbonyl (C=O) groups is 1. The highest BCUT2D eigenvalue weighted by Gasteiger charge is 2.66. The molecule has 0 fully saturated rings. The first kappa shape index (κ1) is 20.5. The Bertz CT molecular complexity index is 634. The lowest BCUT2D eigenvalue weighted by molar-refractivity contribution is -0.318. The zero-order valence-electron chi connectivity index (χ0n) is 14.7. The van der Waals surface area contributed by atoms with Crippen LogP contribution in [-0.4, -0.2) is 36.1 Å². The van der Waals surface area contributed by atoms with Crippen LogP contribution in [0.1, 0.15) is 39.5 Å². The van der Waals surface area contributed by atoms with Crippen molar-refractivity contribution < 1.29 is 27.4 Å². The molecule has 0 saturated carbocycles. The van der Waals surface area contributed by atoms with Crippen molar-refractivity contribution in [1.29, 1.82) is 0 Å². The molecule has 1 aromatic carbocycles. The minimum absolute atomic E-state index is 0.138. The summed E-state index contributed by atoms with van der Waals surface area (Å²) in [4.78, 5) is 13.9. The normalized spacial score (nSPS) is 18.7. The molecule has 0 bridgehead atoms. The van der Waals surface area contributed by atoms with Gasteiger partial charge in [0.1, 0.15) is 0 Å². The summed E-state index contributed by atoms with van der Waals surface area (Å²) in [5, 5.41) is 2.09. The highest BCUT2D eigenvalue weighted by atomic mass is 35.5. The van der Waals surface area contributed by atoms with Crippen molar-refractivity contribution in [3.05, 3.63) is 23.2 Å². The number of hydrogen-bond donors (Lipinski definition) is 1. The van der Waals surface area contributed by atoms with E-state index >= 15 is 0 Å². The Kier molecular flexibility index (Phi) is 6.49. The van der Waals surface area contributed by atoms with Crippen molar-refractivity contribution in [2.45, 2.75) is 51.6 Å². The maximum atomic E-state index is 13.7. The van der Waals surface area contributed by atoms with Gasteiger partial charge in [-0.2, -0.15) is 13.2 Å². The van der Waals surface area contributed by atoms with Gasteiger partial charge in [0.25, 0.3) is 0 Å². The molecule has 0 radical (unpaired) electrons. The first-order valence-corrected chi connectivity index (χ1v) is 8.91. The van der Waals surface area contributed by atoms with Gasteiger partial charge in [0.15, 0.2) is 11.5 Å². The van der Waals surface area contributed by atoms with Crippen molar-refractivity contribution in [2.75, 3.05) is 13.1 Å². The highest BCUT2D eigenvalue weighted by molar-refractivity contribution is 6.30. The number of benzene rings is 1. The molecular formula is C17H22ClF3N2O3. The third-order valence-electron chi connectivity index (χ3n) is 3.91. The van der Waals surface area contributed by atoms with Crippen LogP contribution >= 0.6 is 11.6 Å². The predicted octanol–water partition coefficient (Wildman–Crippen LogP) is 4.94. The maximum Gasteiger partial charge on any atom is 0.492 e. The fraction of sp³-hybridized carbons (Fsp3) is 0.588. The molecule has 9 heteroatoms. The van der Waals surface area contributed by atoms with Crippen molar-refractivity contribution >= 4 is 17.6 Å². The van der Waals surface area contributed by atoms with Gasteiger partial charge >= 0.3 is 18.1 Å². The van der Waals surface area contributed by atoms with Gasteiger partial charge in [-0.25, -0.2) is 4.79 Å². The monoisotopic (exact) mass is 394 g/mol. The van der Waals surface area contributed by atoms with Crippen LogP contribution in [0.3, 0.4) is 0 Å². The SMILES string of the molecule is CCCCN(CCCC)C(=O)N[C@]1(C(F)(F)F)Oc2ccc(Cl)cc2O1. The van der Waals surface area contributed by atoms with E-state index in [2.05, 4.69) is 0 Å². The molecule has 1 aliphatic rings. The Morgan fingerprint density at radius 3 is 2.27 bits per heavy atom. The molecule has 5 nitrogen and oxygen atoms in total. The van der Waals surface area contributed by atoms with Crippen LogP contribution < -0.4 is 14.8 Å². The molecule has 1 N–H and O–H groups in total. The van der Waals surface area contributed by atoms with Crippen LogP contribution in [0.4, 0.5) is 18.0 Å². The van der Waals surface area contributed by atoms with E-state index in [-0.39, 0.29) is 16.5 Å². The molecule has 2 rings (SSSR count). The van der Waals surface area contributed by atoms with E-state index in [9.17, 15) is 18.0 Å². The summed E-state index contributed by atoms with van der Waals surface area (Å²) in [7, 11) is 0. The number of halogens is 4. The molecule has 2 amide bonds. The molecule has 146 valence electrons. The number of amides is 2. The molecule has 1 aliphatic heterocycles. The number of urea groups is 1. The molecule has 0 saturated heterocycles. The summed E-state index contributed by atoms with van der Waals surface area (Å²) in [6, 6.07) is 2.97. The van der Waals surface area contributed by atoms with Gasteiger partial charge in [0, 0.05) is 24.2 Å². The number of carbonyl (C=O) groups excluding carboxylic acids is 1. The minimum Gasteiger partial charge on any atom is -0.424 e. The summed E-state index contributed by atoms with van der Waals surface area (Å²) in [6.45, 7) is 4.59. The van der Waals surface area contributed by atoms with E-state index in [0.29, 0.717) is 25.9 Å². The average molecular weight is 395 g/mol. The van der Waals surface area contributed by atoms with Crippen LogP contribution in [0.25, 0.3) is 0 Å². The minimum atomic E-state index is -4.99. The standard InChI is InChI=1S/C17H22ClF3N2O3/c1-3-5-9-23(10-6-4-2)15(24)22-17(16(19,20)21)25-13-8-7-12(18)11-14(13)26-17/h7-8,11H,3-6,9-10H2,1-2H3,(H,22,24)/t17-/m1/s1. The van der Waals surface area contributed by atoms with E-state index in [1.165, 1.54) is 23.1 Å². The Hall–Kier alpha value is -1.83. The lowest BCUT2D eigenvalue weighted by atomic mass is 10.3. The number of hydrogen-bond acceptors (Lipinski definition) is 3.